The van der Waals surface area contributed by atoms with Crippen molar-refractivity contribution in [2.24, 2.45) is 0 Å². The molecule has 8 rings (SSSR count). The lowest BCUT2D eigenvalue weighted by molar-refractivity contribution is -1.05. The van der Waals surface area contributed by atoms with Gasteiger partial charge >= 0.3 is 6.03 Å². The van der Waals surface area contributed by atoms with Crippen LogP contribution >= 0.6 is 0 Å². The van der Waals surface area contributed by atoms with E-state index in [1.54, 1.807) is 12.1 Å². The van der Waals surface area contributed by atoms with Crippen LogP contribution in [0.25, 0.3) is 43.4 Å². The summed E-state index contributed by atoms with van der Waals surface area (Å²) in [5.74, 6) is 1.29. The van der Waals surface area contributed by atoms with Crippen LogP contribution in [0.2, 0.25) is 0 Å². The number of hydrogen-bond donors (Lipinski definition) is 0. The van der Waals surface area contributed by atoms with Crippen molar-refractivity contribution in [3.63, 3.8) is 0 Å². The molecule has 0 bridgehead atoms. The number of pyridine rings is 2. The van der Waals surface area contributed by atoms with Crippen molar-refractivity contribution in [2.45, 2.75) is 6.03 Å². The van der Waals surface area contributed by atoms with Crippen LogP contribution in [-0.4, -0.2) is 0 Å². The molecule has 2 aliphatic heterocycles. The highest BCUT2D eigenvalue weighted by molar-refractivity contribution is 6.10. The third-order valence-corrected chi connectivity index (χ3v) is 7.13. The lowest BCUT2D eigenvalue weighted by Crippen LogP contribution is -2.81. The Hall–Kier alpha value is -5.20. The van der Waals surface area contributed by atoms with Crippen molar-refractivity contribution in [3.8, 4) is 23.6 Å². The largest absolute Gasteiger partial charge is 0.714 e. The number of fused-ring (bicyclic) bond motifs is 2. The van der Waals surface area contributed by atoms with Crippen molar-refractivity contribution in [1.29, 1.82) is 10.5 Å². The minimum Gasteiger partial charge on any atom is -0.340 e. The quantitative estimate of drug-likeness (QED) is 0.252. The third-order valence-electron chi connectivity index (χ3n) is 7.13. The summed E-state index contributed by atoms with van der Waals surface area (Å²) in [5.41, 5.74) is 3.05. The second-order valence-electron chi connectivity index (χ2n) is 8.81. The molecule has 6 nitrogen and oxygen atoms in total. The summed E-state index contributed by atoms with van der Waals surface area (Å²) in [6.45, 7) is 0. The highest BCUT2D eigenvalue weighted by Crippen LogP contribution is 2.43. The van der Waals surface area contributed by atoms with Gasteiger partial charge in [-0.15, -0.1) is 0 Å². The summed E-state index contributed by atoms with van der Waals surface area (Å²) in [6, 6.07) is 26.5. The minimum atomic E-state index is -1.37. The van der Waals surface area contributed by atoms with Crippen LogP contribution in [0.5, 0.6) is 11.5 Å². The zero-order valence-electron chi connectivity index (χ0n) is 18.2. The molecule has 2 aromatic heterocycles. The van der Waals surface area contributed by atoms with E-state index >= 15 is 0 Å². The van der Waals surface area contributed by atoms with E-state index in [1.807, 2.05) is 70.1 Å². The Morgan fingerprint density at radius 2 is 1.09 bits per heavy atom. The van der Waals surface area contributed by atoms with Gasteiger partial charge in [0, 0.05) is 33.7 Å². The smallest absolute Gasteiger partial charge is 0.340 e. The van der Waals surface area contributed by atoms with Gasteiger partial charge in [0.2, 0.25) is 11.0 Å². The predicted molar refractivity (Wildman–Crippen MR) is 127 cm³/mol. The molecule has 4 aromatic carbocycles. The van der Waals surface area contributed by atoms with Gasteiger partial charge in [-0.1, -0.05) is 21.3 Å². The lowest BCUT2D eigenvalue weighted by Gasteiger charge is -2.30. The molecule has 35 heavy (non-hydrogen) atoms. The Labute approximate surface area is 198 Å². The van der Waals surface area contributed by atoms with Crippen LogP contribution in [0.15, 0.2) is 85.2 Å². The van der Waals surface area contributed by atoms with Gasteiger partial charge in [0.15, 0.2) is 23.9 Å². The molecule has 0 amide bonds. The van der Waals surface area contributed by atoms with Gasteiger partial charge in [-0.2, -0.15) is 10.5 Å². The maximum atomic E-state index is 9.72. The Kier molecular flexibility index (Phi) is 3.14. The Morgan fingerprint density at radius 3 is 1.54 bits per heavy atom. The van der Waals surface area contributed by atoms with E-state index in [0.717, 1.165) is 43.4 Å². The molecule has 2 aliphatic rings. The van der Waals surface area contributed by atoms with Crippen LogP contribution < -0.4 is 18.6 Å². The minimum absolute atomic E-state index is 0.596. The molecule has 0 saturated carbocycles. The highest BCUT2D eigenvalue weighted by atomic mass is 16.7. The van der Waals surface area contributed by atoms with E-state index in [2.05, 4.69) is 24.3 Å². The first-order valence-corrected chi connectivity index (χ1v) is 11.2. The maximum absolute atomic E-state index is 9.72. The third kappa shape index (κ3) is 2.04. The van der Waals surface area contributed by atoms with Crippen molar-refractivity contribution in [2.75, 3.05) is 0 Å². The fraction of sp³-hybridized carbons (Fsp3) is 0.0345. The molecule has 6 heteroatoms. The van der Waals surface area contributed by atoms with Crippen molar-refractivity contribution in [1.82, 2.24) is 0 Å². The zero-order valence-corrected chi connectivity index (χ0v) is 18.2. The summed E-state index contributed by atoms with van der Waals surface area (Å²) in [7, 11) is 0. The number of hydrogen-bond acceptors (Lipinski definition) is 4. The van der Waals surface area contributed by atoms with E-state index in [0.29, 0.717) is 22.6 Å². The molecule has 0 saturated heterocycles. The number of ether oxygens (including phenoxy) is 2. The van der Waals surface area contributed by atoms with Crippen LogP contribution in [0, 0.1) is 22.7 Å². The molecule has 0 aliphatic carbocycles. The molecule has 160 valence electrons. The molecular weight excluding hydrogens is 436 g/mol. The first-order valence-electron chi connectivity index (χ1n) is 11.2. The summed E-state index contributed by atoms with van der Waals surface area (Å²) < 4.78 is 17.6. The summed E-state index contributed by atoms with van der Waals surface area (Å²) >= 11 is 0. The zero-order chi connectivity index (χ0) is 23.3. The fourth-order valence-corrected chi connectivity index (χ4v) is 5.69. The van der Waals surface area contributed by atoms with Crippen LogP contribution in [0.4, 0.5) is 0 Å². The molecule has 0 atom stereocenters. The van der Waals surface area contributed by atoms with E-state index in [1.165, 1.54) is 0 Å². The maximum Gasteiger partial charge on any atom is 0.714 e. The first kappa shape index (κ1) is 18.3. The molecule has 4 heterocycles. The predicted octanol–water partition coefficient (Wildman–Crippen LogP) is 4.52. The number of aromatic nitrogens is 2. The number of nitrogens with zero attached hydrogens (tertiary/aromatic N) is 4. The SMILES string of the molecule is N#Cc1ccc2c3c1ccc1ccc[n+](c13)C1(O2)Oc2ccc(C#N)c3ccc4ccc[n+]1c4c23. The average molecular weight is 450 g/mol. The van der Waals surface area contributed by atoms with Gasteiger partial charge in [0.05, 0.1) is 34.0 Å². The fourth-order valence-electron chi connectivity index (χ4n) is 5.69. The highest BCUT2D eigenvalue weighted by Gasteiger charge is 2.64. The number of rotatable bonds is 0. The molecule has 0 fully saturated rings. The number of nitriles is 2. The lowest BCUT2D eigenvalue weighted by atomic mass is 9.98. The molecule has 0 radical (unpaired) electrons. The monoisotopic (exact) mass is 450 g/mol. The Balaban J connectivity index is 1.59. The van der Waals surface area contributed by atoms with Crippen molar-refractivity contribution >= 4 is 43.4 Å². The van der Waals surface area contributed by atoms with Gasteiger partial charge in [0.1, 0.15) is 0 Å². The van der Waals surface area contributed by atoms with Crippen molar-refractivity contribution < 1.29 is 18.6 Å². The average Bonchev–Trinajstić information content (AvgIpc) is 2.91. The molecule has 0 unspecified atom stereocenters. The van der Waals surface area contributed by atoms with Gasteiger partial charge in [-0.3, -0.25) is 0 Å². The standard InChI is InChI=1S/C29H14N4O2/c30-15-19-7-11-23-25-21(19)9-5-17-3-1-13-32(27(17)25)29(34-23)33-14-2-4-18-6-10-22-20(16-31)8-12-24(35-29)26(22)28(18)33/h1-14H/q+2. The van der Waals surface area contributed by atoms with Crippen LogP contribution in [0.1, 0.15) is 11.1 Å². The van der Waals surface area contributed by atoms with E-state index < -0.39 is 6.03 Å². The Bertz CT molecular complexity index is 1900. The molecular formula is C29H14N4O2+2. The second kappa shape index (κ2) is 6.02. The molecule has 1 spiro atoms. The van der Waals surface area contributed by atoms with E-state index in [4.69, 9.17) is 9.47 Å². The van der Waals surface area contributed by atoms with Crippen LogP contribution in [0.3, 0.4) is 0 Å². The molecule has 6 aromatic rings. The normalized spacial score (nSPS) is 14.3. The second-order valence-corrected chi connectivity index (χ2v) is 8.81. The van der Waals surface area contributed by atoms with Gasteiger partial charge < -0.3 is 9.47 Å². The summed E-state index contributed by atoms with van der Waals surface area (Å²) in [4.78, 5) is 0. The van der Waals surface area contributed by atoms with Gasteiger partial charge in [-0.25, -0.2) is 0 Å². The summed E-state index contributed by atoms with van der Waals surface area (Å²) in [5, 5.41) is 24.9. The van der Waals surface area contributed by atoms with Crippen molar-refractivity contribution in [3.05, 3.63) is 96.3 Å². The first-order chi connectivity index (χ1) is 17.2. The number of benzene rings is 4. The topological polar surface area (TPSA) is 73.8 Å². The van der Waals surface area contributed by atoms with E-state index in [9.17, 15) is 10.5 Å². The molecule has 0 N–H and O–H groups in total. The van der Waals surface area contributed by atoms with Gasteiger partial charge in [-0.05, 0) is 48.5 Å². The van der Waals surface area contributed by atoms with E-state index in [-0.39, 0.29) is 0 Å². The Morgan fingerprint density at radius 1 is 0.600 bits per heavy atom. The summed E-state index contributed by atoms with van der Waals surface area (Å²) in [6.07, 6.45) is 3.90. The van der Waals surface area contributed by atoms with Crippen LogP contribution in [-0.2, 0) is 6.03 Å². The van der Waals surface area contributed by atoms with Gasteiger partial charge in [0.25, 0.3) is 0 Å².